The quantitative estimate of drug-likeness (QED) is 0.461. The maximum Gasteiger partial charge on any atom is 0.164 e. The molecule has 2 heterocycles. The first-order chi connectivity index (χ1) is 16.0. The molecule has 6 heteroatoms. The van der Waals surface area contributed by atoms with Gasteiger partial charge in [-0.1, -0.05) is 18.2 Å². The number of rotatable bonds is 7. The van der Waals surface area contributed by atoms with Gasteiger partial charge in [0.15, 0.2) is 11.5 Å². The standard InChI is InChI=1S/C27H26N2O4/c1-4-8-18-15-21(26(31)25(16-18)33-3)27(20-17-19(32-2)11-12-24(20)30)13-7-10-23(29-27)22-9-5-6-14-28-22/h4-7,9-17,29-31H,1,8H2,2-3H3. The number of phenolic OH excluding ortho intramolecular Hbond substituents is 2. The largest absolute Gasteiger partial charge is 0.508 e. The van der Waals surface area contributed by atoms with Crippen LogP contribution in [0.5, 0.6) is 23.0 Å². The third-order valence-electron chi connectivity index (χ3n) is 5.67. The number of nitrogens with zero attached hydrogens (tertiary/aromatic N) is 1. The number of nitrogens with one attached hydrogen (secondary N) is 1. The van der Waals surface area contributed by atoms with Crippen LogP contribution in [0.25, 0.3) is 5.70 Å². The number of hydrogen-bond acceptors (Lipinski definition) is 6. The molecule has 0 saturated carbocycles. The molecule has 1 unspecified atom stereocenters. The first kappa shape index (κ1) is 22.0. The van der Waals surface area contributed by atoms with E-state index in [0.717, 1.165) is 17.0 Å². The van der Waals surface area contributed by atoms with Gasteiger partial charge in [-0.2, -0.15) is 0 Å². The van der Waals surface area contributed by atoms with Crippen molar-refractivity contribution in [3.8, 4) is 23.0 Å². The molecule has 3 aromatic rings. The number of hydrogen-bond donors (Lipinski definition) is 3. The Hall–Kier alpha value is -4.19. The zero-order chi connectivity index (χ0) is 23.4. The Morgan fingerprint density at radius 3 is 2.61 bits per heavy atom. The normalized spacial score (nSPS) is 17.1. The number of methoxy groups -OCH3 is 2. The molecule has 0 fully saturated rings. The smallest absolute Gasteiger partial charge is 0.164 e. The second kappa shape index (κ2) is 9.12. The van der Waals surface area contributed by atoms with Gasteiger partial charge in [-0.15, -0.1) is 6.58 Å². The third-order valence-corrected chi connectivity index (χ3v) is 5.67. The number of aromatic hydroxyl groups is 2. The number of benzene rings is 2. The van der Waals surface area contributed by atoms with Crippen LogP contribution >= 0.6 is 0 Å². The molecule has 0 amide bonds. The van der Waals surface area contributed by atoms with Crippen molar-refractivity contribution in [1.29, 1.82) is 0 Å². The number of aromatic nitrogens is 1. The maximum absolute atomic E-state index is 11.3. The molecule has 1 aromatic heterocycles. The topological polar surface area (TPSA) is 83.8 Å². The first-order valence-corrected chi connectivity index (χ1v) is 10.5. The highest BCUT2D eigenvalue weighted by Crippen LogP contribution is 2.47. The van der Waals surface area contributed by atoms with Crippen molar-refractivity contribution in [1.82, 2.24) is 10.3 Å². The third kappa shape index (κ3) is 4.03. The van der Waals surface area contributed by atoms with E-state index in [2.05, 4.69) is 16.9 Å². The van der Waals surface area contributed by atoms with Crippen LogP contribution in [0, 0.1) is 0 Å². The second-order valence-electron chi connectivity index (χ2n) is 7.66. The monoisotopic (exact) mass is 442 g/mol. The van der Waals surface area contributed by atoms with Crippen LogP contribution in [-0.4, -0.2) is 29.4 Å². The zero-order valence-corrected chi connectivity index (χ0v) is 18.6. The Morgan fingerprint density at radius 2 is 1.91 bits per heavy atom. The van der Waals surface area contributed by atoms with Crippen LogP contribution in [0.1, 0.15) is 22.4 Å². The predicted molar refractivity (Wildman–Crippen MR) is 128 cm³/mol. The predicted octanol–water partition coefficient (Wildman–Crippen LogP) is 4.68. The Kier molecular flexibility index (Phi) is 6.09. The fourth-order valence-electron chi connectivity index (χ4n) is 4.08. The van der Waals surface area contributed by atoms with Crippen molar-refractivity contribution in [3.05, 3.63) is 108 Å². The molecule has 1 aliphatic rings. The summed E-state index contributed by atoms with van der Waals surface area (Å²) in [6.07, 6.45) is 9.75. The summed E-state index contributed by atoms with van der Waals surface area (Å²) in [6, 6.07) is 14.3. The molecule has 168 valence electrons. The molecule has 33 heavy (non-hydrogen) atoms. The van der Waals surface area contributed by atoms with Crippen molar-refractivity contribution in [2.24, 2.45) is 0 Å². The number of dihydropyridines is 1. The fraction of sp³-hybridized carbons (Fsp3) is 0.148. The van der Waals surface area contributed by atoms with E-state index in [0.29, 0.717) is 29.0 Å². The van der Waals surface area contributed by atoms with Gasteiger partial charge in [0, 0.05) is 17.3 Å². The minimum Gasteiger partial charge on any atom is -0.508 e. The van der Waals surface area contributed by atoms with E-state index in [1.54, 1.807) is 43.6 Å². The maximum atomic E-state index is 11.3. The van der Waals surface area contributed by atoms with Gasteiger partial charge >= 0.3 is 0 Å². The van der Waals surface area contributed by atoms with Crippen molar-refractivity contribution in [3.63, 3.8) is 0 Å². The fourth-order valence-corrected chi connectivity index (χ4v) is 4.08. The number of ether oxygens (including phenoxy) is 2. The van der Waals surface area contributed by atoms with Gasteiger partial charge in [-0.05, 0) is 66.6 Å². The molecular weight excluding hydrogens is 416 g/mol. The van der Waals surface area contributed by atoms with E-state index in [1.807, 2.05) is 42.5 Å². The molecule has 6 nitrogen and oxygen atoms in total. The highest BCUT2D eigenvalue weighted by molar-refractivity contribution is 5.71. The van der Waals surface area contributed by atoms with Crippen LogP contribution in [0.4, 0.5) is 0 Å². The first-order valence-electron chi connectivity index (χ1n) is 10.5. The molecule has 1 atom stereocenters. The summed E-state index contributed by atoms with van der Waals surface area (Å²) in [7, 11) is 3.08. The average molecular weight is 443 g/mol. The van der Waals surface area contributed by atoms with Gasteiger partial charge in [0.1, 0.15) is 17.0 Å². The van der Waals surface area contributed by atoms with Crippen molar-refractivity contribution >= 4 is 5.70 Å². The summed E-state index contributed by atoms with van der Waals surface area (Å²) >= 11 is 0. The van der Waals surface area contributed by atoms with Gasteiger partial charge in [-0.3, -0.25) is 4.98 Å². The van der Waals surface area contributed by atoms with Crippen molar-refractivity contribution in [2.45, 2.75) is 12.0 Å². The van der Waals surface area contributed by atoms with Crippen LogP contribution in [0.2, 0.25) is 0 Å². The molecule has 3 N–H and O–H groups in total. The van der Waals surface area contributed by atoms with Crippen LogP contribution in [0.15, 0.2) is 85.6 Å². The van der Waals surface area contributed by atoms with Crippen molar-refractivity contribution in [2.75, 3.05) is 14.2 Å². The molecular formula is C27H26N2O4. The van der Waals surface area contributed by atoms with Gasteiger partial charge in [-0.25, -0.2) is 0 Å². The van der Waals surface area contributed by atoms with Gasteiger partial charge in [0.25, 0.3) is 0 Å². The summed E-state index contributed by atoms with van der Waals surface area (Å²) in [5, 5.41) is 25.7. The van der Waals surface area contributed by atoms with E-state index in [1.165, 1.54) is 7.11 Å². The van der Waals surface area contributed by atoms with E-state index in [4.69, 9.17) is 9.47 Å². The molecule has 0 aliphatic carbocycles. The number of pyridine rings is 1. The summed E-state index contributed by atoms with van der Waals surface area (Å²) in [4.78, 5) is 4.46. The van der Waals surface area contributed by atoms with Crippen LogP contribution in [0.3, 0.4) is 0 Å². The summed E-state index contributed by atoms with van der Waals surface area (Å²) in [5.41, 5.74) is 2.23. The van der Waals surface area contributed by atoms with Crippen molar-refractivity contribution < 1.29 is 19.7 Å². The minimum absolute atomic E-state index is 0.0352. The lowest BCUT2D eigenvalue weighted by Gasteiger charge is -2.38. The van der Waals surface area contributed by atoms with E-state index < -0.39 is 5.54 Å². The van der Waals surface area contributed by atoms with E-state index in [9.17, 15) is 10.2 Å². The lowest BCUT2D eigenvalue weighted by atomic mass is 9.78. The number of phenols is 2. The molecule has 0 spiro atoms. The lowest BCUT2D eigenvalue weighted by Crippen LogP contribution is -2.42. The molecule has 0 radical (unpaired) electrons. The van der Waals surface area contributed by atoms with E-state index >= 15 is 0 Å². The highest BCUT2D eigenvalue weighted by atomic mass is 16.5. The highest BCUT2D eigenvalue weighted by Gasteiger charge is 2.40. The lowest BCUT2D eigenvalue weighted by molar-refractivity contribution is 0.362. The zero-order valence-electron chi connectivity index (χ0n) is 18.6. The summed E-state index contributed by atoms with van der Waals surface area (Å²) in [5.74, 6) is 0.907. The second-order valence-corrected chi connectivity index (χ2v) is 7.66. The molecule has 0 bridgehead atoms. The average Bonchev–Trinajstić information content (AvgIpc) is 2.86. The van der Waals surface area contributed by atoms with Gasteiger partial charge in [0.2, 0.25) is 0 Å². The SMILES string of the molecule is C=CCc1cc(OC)c(O)c(C2(c3cc(OC)ccc3O)C=CC=C(c3ccccn3)N2)c1. The van der Waals surface area contributed by atoms with Gasteiger partial charge < -0.3 is 25.0 Å². The van der Waals surface area contributed by atoms with Crippen LogP contribution in [-0.2, 0) is 12.0 Å². The number of allylic oxidation sites excluding steroid dienone is 3. The summed E-state index contributed by atoms with van der Waals surface area (Å²) < 4.78 is 10.9. The Morgan fingerprint density at radius 1 is 1.06 bits per heavy atom. The van der Waals surface area contributed by atoms with E-state index in [-0.39, 0.29) is 11.5 Å². The van der Waals surface area contributed by atoms with Gasteiger partial charge in [0.05, 0.1) is 25.6 Å². The Bertz CT molecular complexity index is 1230. The summed E-state index contributed by atoms with van der Waals surface area (Å²) in [6.45, 7) is 3.83. The molecule has 0 saturated heterocycles. The minimum atomic E-state index is -1.14. The molecule has 4 rings (SSSR count). The molecule has 2 aromatic carbocycles. The molecule has 1 aliphatic heterocycles. The van der Waals surface area contributed by atoms with Crippen LogP contribution < -0.4 is 14.8 Å². The Balaban J connectivity index is 2.00. The Labute approximate surface area is 193 Å².